The quantitative estimate of drug-likeness (QED) is 0.0400. The summed E-state index contributed by atoms with van der Waals surface area (Å²) in [6.45, 7) is 6.78. The summed E-state index contributed by atoms with van der Waals surface area (Å²) in [5.74, 6) is -16.1. The van der Waals surface area contributed by atoms with Crippen molar-refractivity contribution in [1.29, 1.82) is 0 Å². The first-order valence-electron chi connectivity index (χ1n) is 33.9. The van der Waals surface area contributed by atoms with E-state index in [0.717, 1.165) is 11.2 Å². The van der Waals surface area contributed by atoms with Crippen molar-refractivity contribution in [3.63, 3.8) is 0 Å². The molecule has 0 spiro atoms. The van der Waals surface area contributed by atoms with E-state index in [0.29, 0.717) is 34.4 Å². The molecule has 0 aliphatic carbocycles. The van der Waals surface area contributed by atoms with Gasteiger partial charge in [0.15, 0.2) is 17.3 Å². The minimum Gasteiger partial charge on any atom is -0.493 e. The smallest absolute Gasteiger partial charge is 0.335 e. The molecule has 2 bridgehead atoms. The topological polar surface area (TPSA) is 503 Å². The molecule has 1 saturated heterocycles. The van der Waals surface area contributed by atoms with Crippen molar-refractivity contribution in [3.8, 4) is 23.0 Å². The molecule has 35 heteroatoms. The molecular weight excluding hydrogens is 1400 g/mol. The zero-order valence-electron chi connectivity index (χ0n) is 58.4. The van der Waals surface area contributed by atoms with Crippen LogP contribution in [-0.2, 0) is 91.2 Å². The fourth-order valence-corrected chi connectivity index (χ4v) is 14.1. The number of hydrogen-bond donors (Lipinski definition) is 12. The highest BCUT2D eigenvalue weighted by atomic mass is 32.2. The Labute approximate surface area is 600 Å². The average Bonchev–Trinajstić information content (AvgIpc) is 1.62. The normalized spacial score (nSPS) is 22.8. The summed E-state index contributed by atoms with van der Waals surface area (Å²) >= 11 is 0. The number of hydrogen-bond acceptors (Lipinski definition) is 23. The number of Topliss-reactive ketones (excluding diaryl/α,β-unsaturated/α-hetero) is 3. The van der Waals surface area contributed by atoms with Gasteiger partial charge in [0.1, 0.15) is 35.2 Å². The number of nitrogens with two attached hydrogens (primary N) is 1. The minimum atomic E-state index is -3.70. The van der Waals surface area contributed by atoms with Gasteiger partial charge in [-0.3, -0.25) is 61.7 Å². The van der Waals surface area contributed by atoms with Crippen molar-refractivity contribution in [3.05, 3.63) is 77.9 Å². The number of aliphatic hydroxyl groups excluding tert-OH is 3. The number of aromatic nitrogens is 3. The van der Waals surface area contributed by atoms with Crippen LogP contribution in [0.3, 0.4) is 0 Å². The maximum absolute atomic E-state index is 15.3. The Kier molecular flexibility index (Phi) is 27.3. The summed E-state index contributed by atoms with van der Waals surface area (Å²) in [5.41, 5.74) is 7.45. The SMILES string of the molecule is CC[C@H](C)[C@@H]1NC(=O)CNC(=O)C2CC(=O)[C@H]([C@@H](C)[C@@H](O)CO)NC(=O)[C@@H]3CC(O)CN3C(=O)[C@H](CC(N)=O)CC(=O)C(CS(=O)c3[nH]c4cc(OCc5ccc(NC(=O)[C@H](C)CC(=O)[C@@H](NC(=O)CCOc6ccc(-c7nnc(S(C)(=O)=O)o7)cc6)C(C)C)cc5)ccc4c3C2)NC(=O)CNC1=O. The summed E-state index contributed by atoms with van der Waals surface area (Å²) in [6, 6.07) is 10.3. The van der Waals surface area contributed by atoms with Gasteiger partial charge in [-0.05, 0) is 77.9 Å². The van der Waals surface area contributed by atoms with Gasteiger partial charge in [0.05, 0.1) is 91.0 Å². The largest absolute Gasteiger partial charge is 0.493 e. The second kappa shape index (κ2) is 35.6. The fraction of sp³-hybridized carbons (Fsp3) is 0.507. The van der Waals surface area contributed by atoms with Crippen molar-refractivity contribution in [1.82, 2.24) is 52.0 Å². The number of benzene rings is 3. The first kappa shape index (κ1) is 79.9. The van der Waals surface area contributed by atoms with E-state index in [1.165, 1.54) is 13.0 Å². The van der Waals surface area contributed by atoms with Crippen LogP contribution in [0.5, 0.6) is 11.5 Å². The molecule has 0 radical (unpaired) electrons. The number of nitrogens with zero attached hydrogens (tertiary/aromatic N) is 3. The predicted octanol–water partition coefficient (Wildman–Crippen LogP) is -0.268. The molecule has 13 N–H and O–H groups in total. The van der Waals surface area contributed by atoms with Crippen LogP contribution in [-0.4, -0.2) is 206 Å². The van der Waals surface area contributed by atoms with Crippen molar-refractivity contribution >= 4 is 108 Å². The third kappa shape index (κ3) is 21.0. The van der Waals surface area contributed by atoms with Crippen molar-refractivity contribution in [2.24, 2.45) is 41.2 Å². The van der Waals surface area contributed by atoms with Crippen LogP contribution in [0.4, 0.5) is 5.69 Å². The number of aromatic amines is 1. The molecular formula is C69H88N12O21S2. The molecule has 3 aliphatic heterocycles. The van der Waals surface area contributed by atoms with E-state index in [9.17, 15) is 81.3 Å². The molecule has 2 aromatic heterocycles. The van der Waals surface area contributed by atoms with Gasteiger partial charge >= 0.3 is 5.22 Å². The lowest BCUT2D eigenvalue weighted by Crippen LogP contribution is -2.56. The van der Waals surface area contributed by atoms with E-state index in [1.807, 2.05) is 0 Å². The number of rotatable bonds is 23. The first-order chi connectivity index (χ1) is 49.2. The molecule has 33 nitrogen and oxygen atoms in total. The highest BCUT2D eigenvalue weighted by molar-refractivity contribution is 7.90. The van der Waals surface area contributed by atoms with Gasteiger partial charge in [0.25, 0.3) is 0 Å². The van der Waals surface area contributed by atoms with Gasteiger partial charge in [-0.15, -0.1) is 5.10 Å². The van der Waals surface area contributed by atoms with E-state index < -0.39 is 227 Å². The highest BCUT2D eigenvalue weighted by Crippen LogP contribution is 2.34. The molecule has 3 aromatic carbocycles. The number of carbonyl (C=O) groups is 12. The number of fused-ring (bicyclic) bond motifs is 5. The minimum absolute atomic E-state index is 0.0122. The lowest BCUT2D eigenvalue weighted by molar-refractivity contribution is -0.145. The van der Waals surface area contributed by atoms with Gasteiger partial charge in [0.2, 0.25) is 68.9 Å². The molecule has 562 valence electrons. The summed E-state index contributed by atoms with van der Waals surface area (Å²) in [7, 11) is -6.12. The summed E-state index contributed by atoms with van der Waals surface area (Å²) < 4.78 is 55.9. The maximum Gasteiger partial charge on any atom is 0.335 e. The van der Waals surface area contributed by atoms with E-state index >= 15 is 4.21 Å². The average molecular weight is 1490 g/mol. The zero-order chi connectivity index (χ0) is 76.0. The van der Waals surface area contributed by atoms with E-state index in [1.54, 1.807) is 95.3 Å². The molecule has 8 rings (SSSR count). The van der Waals surface area contributed by atoms with Crippen molar-refractivity contribution in [2.75, 3.05) is 50.2 Å². The van der Waals surface area contributed by atoms with Gasteiger partial charge in [0, 0.05) is 85.4 Å². The molecule has 4 unspecified atom stereocenters. The Balaban J connectivity index is 1.01. The summed E-state index contributed by atoms with van der Waals surface area (Å²) in [5, 5.41) is 57.2. The number of sulfone groups is 1. The van der Waals surface area contributed by atoms with Crippen molar-refractivity contribution < 1.29 is 99.4 Å². The fourth-order valence-electron chi connectivity index (χ4n) is 12.3. The maximum atomic E-state index is 15.3. The first-order valence-corrected chi connectivity index (χ1v) is 37.1. The van der Waals surface area contributed by atoms with Gasteiger partial charge in [-0.25, -0.2) is 8.42 Å². The monoisotopic (exact) mass is 1480 g/mol. The number of aliphatic hydroxyl groups is 3. The second-order valence-electron chi connectivity index (χ2n) is 26.8. The molecule has 1 fully saturated rings. The molecule has 13 atom stereocenters. The van der Waals surface area contributed by atoms with E-state index in [-0.39, 0.29) is 65.5 Å². The lowest BCUT2D eigenvalue weighted by Gasteiger charge is -2.32. The summed E-state index contributed by atoms with van der Waals surface area (Å²) in [4.78, 5) is 172. The van der Waals surface area contributed by atoms with Crippen LogP contribution >= 0.6 is 0 Å². The Morgan fingerprint density at radius 2 is 1.49 bits per heavy atom. The van der Waals surface area contributed by atoms with Crippen LogP contribution in [0.15, 0.2) is 81.4 Å². The van der Waals surface area contributed by atoms with Crippen LogP contribution in [0.25, 0.3) is 22.4 Å². The number of nitrogens with one attached hydrogen (secondary N) is 8. The number of carbonyl (C=O) groups excluding carboxylic acids is 12. The van der Waals surface area contributed by atoms with Crippen LogP contribution in [0, 0.1) is 35.5 Å². The second-order valence-corrected chi connectivity index (χ2v) is 30.2. The van der Waals surface area contributed by atoms with Crippen LogP contribution in [0.2, 0.25) is 0 Å². The standard InChI is InChI=1S/C69H88N12O21S2/c1-8-35(4)60-65(95)72-28-57(90)74-49-33-103(97)67-47(22-40(63(93)71-29-58(91)77-60)23-53(86)61(37(6)54(87)31-82)78-64(94)50-26-43(83)30-81(50)68(96)41(24-51(49)84)25-55(70)88)46-18-17-45(27-48(46)75-67)101-32-38-9-13-42(14-10-38)73-62(92)36(5)21-52(85)59(34(2)3)76-56(89)19-20-100-44-15-11-39(12-16-44)66-79-80-69(102-66)104(7,98)99/h9-18,27,34-37,40-41,43,49-50,54,59-61,75,82-83,87H,8,19-26,28-33H2,1-7H3,(H2,70,88)(H,71,93)(H,72,95)(H,73,92)(H,74,90)(H,76,89)(H,77,91)(H,78,94)/t35-,36+,37-,40?,41-,43?,49?,50-,54-,59-,60-,61-,103?/m0/s1. The number of amides is 9. The van der Waals surface area contributed by atoms with E-state index in [2.05, 4.69) is 52.4 Å². The van der Waals surface area contributed by atoms with Crippen LogP contribution < -0.4 is 52.4 Å². The number of ether oxygens (including phenoxy) is 2. The molecule has 5 heterocycles. The van der Waals surface area contributed by atoms with Gasteiger partial charge in [-0.2, -0.15) is 0 Å². The van der Waals surface area contributed by atoms with Gasteiger partial charge in [-0.1, -0.05) is 65.2 Å². The Morgan fingerprint density at radius 1 is 0.817 bits per heavy atom. The number of primary amides is 1. The Morgan fingerprint density at radius 3 is 2.13 bits per heavy atom. The molecule has 3 aliphatic rings. The molecule has 9 amide bonds. The summed E-state index contributed by atoms with van der Waals surface area (Å²) in [6.07, 6.45) is -5.33. The molecule has 5 aromatic rings. The third-order valence-corrected chi connectivity index (χ3v) is 20.7. The van der Waals surface area contributed by atoms with Crippen LogP contribution in [0.1, 0.15) is 97.6 Å². The predicted molar refractivity (Wildman–Crippen MR) is 371 cm³/mol. The molecule has 0 saturated carbocycles. The highest BCUT2D eigenvalue weighted by Gasteiger charge is 2.45. The number of H-pyrrole nitrogens is 1. The lowest BCUT2D eigenvalue weighted by atomic mass is 9.85. The molecule has 104 heavy (non-hydrogen) atoms. The number of ketones is 3. The van der Waals surface area contributed by atoms with Gasteiger partial charge < -0.3 is 82.0 Å². The van der Waals surface area contributed by atoms with Crippen molar-refractivity contribution in [2.45, 2.75) is 152 Å². The number of anilines is 1. The Bertz CT molecular complexity index is 4180. The van der Waals surface area contributed by atoms with E-state index in [4.69, 9.17) is 19.6 Å². The Hall–Kier alpha value is -9.84. The zero-order valence-corrected chi connectivity index (χ0v) is 60.0. The third-order valence-electron chi connectivity index (χ3n) is 18.4.